The lowest BCUT2D eigenvalue weighted by atomic mass is 10.2. The van der Waals surface area contributed by atoms with Crippen LogP contribution in [0, 0.1) is 6.92 Å². The standard InChI is InChI=1S/C17H18ClN3O2/c1-11-7-8-12(18)9-15(11)20-17(23)16(22)19-13-5-4-6-14(10-13)21(2)3/h4-10H,1-3H3,(H,19,22)(H,20,23). The Morgan fingerprint density at radius 3 is 2.39 bits per heavy atom. The van der Waals surface area contributed by atoms with E-state index < -0.39 is 11.8 Å². The van der Waals surface area contributed by atoms with Crippen molar-refractivity contribution in [3.8, 4) is 0 Å². The van der Waals surface area contributed by atoms with Gasteiger partial charge in [0, 0.05) is 36.2 Å². The van der Waals surface area contributed by atoms with Crippen LogP contribution in [0.1, 0.15) is 5.56 Å². The van der Waals surface area contributed by atoms with Gasteiger partial charge in [0.25, 0.3) is 0 Å². The molecule has 2 amide bonds. The topological polar surface area (TPSA) is 61.4 Å². The van der Waals surface area contributed by atoms with Crippen LogP contribution in [-0.2, 0) is 9.59 Å². The van der Waals surface area contributed by atoms with Crippen LogP contribution in [0.3, 0.4) is 0 Å². The number of carbonyl (C=O) groups excluding carboxylic acids is 2. The van der Waals surface area contributed by atoms with Crippen LogP contribution >= 0.6 is 11.6 Å². The van der Waals surface area contributed by atoms with Gasteiger partial charge in [0.2, 0.25) is 0 Å². The number of amides is 2. The third kappa shape index (κ3) is 4.47. The molecule has 23 heavy (non-hydrogen) atoms. The number of aryl methyl sites for hydroxylation is 1. The molecule has 0 bridgehead atoms. The lowest BCUT2D eigenvalue weighted by Gasteiger charge is -2.14. The summed E-state index contributed by atoms with van der Waals surface area (Å²) in [7, 11) is 3.80. The van der Waals surface area contributed by atoms with E-state index in [9.17, 15) is 9.59 Å². The number of nitrogens with zero attached hydrogens (tertiary/aromatic N) is 1. The van der Waals surface area contributed by atoms with Gasteiger partial charge in [-0.3, -0.25) is 9.59 Å². The molecule has 0 aromatic heterocycles. The Morgan fingerprint density at radius 1 is 1.00 bits per heavy atom. The van der Waals surface area contributed by atoms with Crippen LogP contribution in [-0.4, -0.2) is 25.9 Å². The van der Waals surface area contributed by atoms with Crippen LogP contribution < -0.4 is 15.5 Å². The van der Waals surface area contributed by atoms with Crippen molar-refractivity contribution >= 4 is 40.5 Å². The molecule has 5 nitrogen and oxygen atoms in total. The van der Waals surface area contributed by atoms with E-state index in [2.05, 4.69) is 10.6 Å². The second-order valence-electron chi connectivity index (χ2n) is 5.31. The average molecular weight is 332 g/mol. The van der Waals surface area contributed by atoms with Crippen LogP contribution in [0.25, 0.3) is 0 Å². The molecule has 2 N–H and O–H groups in total. The third-order valence-corrected chi connectivity index (χ3v) is 3.51. The Bertz CT molecular complexity index is 744. The molecule has 0 saturated heterocycles. The predicted molar refractivity (Wildman–Crippen MR) is 94.2 cm³/mol. The molecule has 2 aromatic rings. The maximum absolute atomic E-state index is 12.0. The largest absolute Gasteiger partial charge is 0.378 e. The molecule has 0 spiro atoms. The molecule has 0 fully saturated rings. The van der Waals surface area contributed by atoms with Gasteiger partial charge in [0.05, 0.1) is 0 Å². The van der Waals surface area contributed by atoms with Gasteiger partial charge in [0.1, 0.15) is 0 Å². The number of carbonyl (C=O) groups is 2. The lowest BCUT2D eigenvalue weighted by Crippen LogP contribution is -2.29. The summed E-state index contributed by atoms with van der Waals surface area (Å²) in [4.78, 5) is 26.0. The summed E-state index contributed by atoms with van der Waals surface area (Å²) >= 11 is 5.90. The molecule has 2 aromatic carbocycles. The Morgan fingerprint density at radius 2 is 1.70 bits per heavy atom. The maximum atomic E-state index is 12.0. The molecule has 0 aliphatic rings. The number of rotatable bonds is 3. The highest BCUT2D eigenvalue weighted by Gasteiger charge is 2.15. The molecule has 0 saturated carbocycles. The summed E-state index contributed by atoms with van der Waals surface area (Å²) in [6.07, 6.45) is 0. The Balaban J connectivity index is 2.07. The van der Waals surface area contributed by atoms with Crippen molar-refractivity contribution in [1.29, 1.82) is 0 Å². The molecule has 0 aliphatic carbocycles. The molecule has 6 heteroatoms. The molecule has 2 rings (SSSR count). The molecule has 0 atom stereocenters. The minimum atomic E-state index is -0.745. The highest BCUT2D eigenvalue weighted by Crippen LogP contribution is 2.20. The summed E-state index contributed by atoms with van der Waals surface area (Å²) in [6, 6.07) is 12.3. The average Bonchev–Trinajstić information content (AvgIpc) is 2.51. The highest BCUT2D eigenvalue weighted by molar-refractivity contribution is 6.43. The molecule has 120 valence electrons. The predicted octanol–water partition coefficient (Wildman–Crippen LogP) is 3.29. The van der Waals surface area contributed by atoms with Gasteiger partial charge >= 0.3 is 11.8 Å². The number of hydrogen-bond acceptors (Lipinski definition) is 3. The minimum Gasteiger partial charge on any atom is -0.378 e. The van der Waals surface area contributed by atoms with Gasteiger partial charge in [-0.2, -0.15) is 0 Å². The van der Waals surface area contributed by atoms with Gasteiger partial charge in [-0.15, -0.1) is 0 Å². The molecular weight excluding hydrogens is 314 g/mol. The van der Waals surface area contributed by atoms with Crippen molar-refractivity contribution in [2.24, 2.45) is 0 Å². The first-order chi connectivity index (χ1) is 10.9. The summed E-state index contributed by atoms with van der Waals surface area (Å²) in [6.45, 7) is 1.82. The Kier molecular flexibility index (Phi) is 5.24. The highest BCUT2D eigenvalue weighted by atomic mass is 35.5. The van der Waals surface area contributed by atoms with Crippen molar-refractivity contribution in [2.75, 3.05) is 29.6 Å². The Labute approximate surface area is 140 Å². The summed E-state index contributed by atoms with van der Waals surface area (Å²) in [5.41, 5.74) is 2.82. The molecular formula is C17H18ClN3O2. The number of hydrogen-bond donors (Lipinski definition) is 2. The molecule has 0 unspecified atom stereocenters. The fourth-order valence-corrected chi connectivity index (χ4v) is 2.13. The lowest BCUT2D eigenvalue weighted by molar-refractivity contribution is -0.133. The zero-order chi connectivity index (χ0) is 17.0. The third-order valence-electron chi connectivity index (χ3n) is 3.27. The van der Waals surface area contributed by atoms with E-state index in [1.54, 1.807) is 30.3 Å². The SMILES string of the molecule is Cc1ccc(Cl)cc1NC(=O)C(=O)Nc1cccc(N(C)C)c1. The van der Waals surface area contributed by atoms with E-state index >= 15 is 0 Å². The quantitative estimate of drug-likeness (QED) is 0.848. The smallest absolute Gasteiger partial charge is 0.314 e. The normalized spacial score (nSPS) is 10.1. The van der Waals surface area contributed by atoms with Gasteiger partial charge in [-0.05, 0) is 42.8 Å². The van der Waals surface area contributed by atoms with Crippen molar-refractivity contribution in [3.63, 3.8) is 0 Å². The summed E-state index contributed by atoms with van der Waals surface area (Å²) in [5, 5.41) is 5.63. The number of anilines is 3. The van der Waals surface area contributed by atoms with Gasteiger partial charge in [-0.25, -0.2) is 0 Å². The molecule has 0 aliphatic heterocycles. The first-order valence-corrected chi connectivity index (χ1v) is 7.40. The first kappa shape index (κ1) is 16.8. The van der Waals surface area contributed by atoms with Gasteiger partial charge in [-0.1, -0.05) is 23.7 Å². The van der Waals surface area contributed by atoms with Crippen molar-refractivity contribution in [2.45, 2.75) is 6.92 Å². The number of halogens is 1. The van der Waals surface area contributed by atoms with Crippen LogP contribution in [0.15, 0.2) is 42.5 Å². The van der Waals surface area contributed by atoms with E-state index in [0.717, 1.165) is 11.3 Å². The summed E-state index contributed by atoms with van der Waals surface area (Å²) < 4.78 is 0. The van der Waals surface area contributed by atoms with Crippen LogP contribution in [0.4, 0.5) is 17.1 Å². The van der Waals surface area contributed by atoms with Crippen molar-refractivity contribution < 1.29 is 9.59 Å². The van der Waals surface area contributed by atoms with Gasteiger partial charge < -0.3 is 15.5 Å². The number of benzene rings is 2. The minimum absolute atomic E-state index is 0.491. The van der Waals surface area contributed by atoms with E-state index in [1.165, 1.54) is 0 Å². The number of nitrogens with one attached hydrogen (secondary N) is 2. The summed E-state index contributed by atoms with van der Waals surface area (Å²) in [5.74, 6) is -1.48. The van der Waals surface area contributed by atoms with E-state index in [4.69, 9.17) is 11.6 Å². The second-order valence-corrected chi connectivity index (χ2v) is 5.75. The van der Waals surface area contributed by atoms with E-state index in [-0.39, 0.29) is 0 Å². The van der Waals surface area contributed by atoms with E-state index in [1.807, 2.05) is 38.1 Å². The fourth-order valence-electron chi connectivity index (χ4n) is 1.96. The van der Waals surface area contributed by atoms with Gasteiger partial charge in [0.15, 0.2) is 0 Å². The van der Waals surface area contributed by atoms with Crippen molar-refractivity contribution in [1.82, 2.24) is 0 Å². The van der Waals surface area contributed by atoms with E-state index in [0.29, 0.717) is 16.4 Å². The monoisotopic (exact) mass is 331 g/mol. The molecule has 0 radical (unpaired) electrons. The first-order valence-electron chi connectivity index (χ1n) is 7.02. The van der Waals surface area contributed by atoms with Crippen LogP contribution in [0.2, 0.25) is 5.02 Å². The Hall–Kier alpha value is -2.53. The fraction of sp³-hybridized carbons (Fsp3) is 0.176. The molecule has 0 heterocycles. The second kappa shape index (κ2) is 7.15. The zero-order valence-corrected chi connectivity index (χ0v) is 13.9. The van der Waals surface area contributed by atoms with Crippen LogP contribution in [0.5, 0.6) is 0 Å². The van der Waals surface area contributed by atoms with Crippen molar-refractivity contribution in [3.05, 3.63) is 53.1 Å². The maximum Gasteiger partial charge on any atom is 0.314 e. The zero-order valence-electron chi connectivity index (χ0n) is 13.2.